The summed E-state index contributed by atoms with van der Waals surface area (Å²) in [6, 6.07) is 12.4. The molecule has 2 aromatic rings. The van der Waals surface area contributed by atoms with E-state index in [9.17, 15) is 0 Å². The molecule has 0 saturated heterocycles. The second-order valence-corrected chi connectivity index (χ2v) is 5.55. The van der Waals surface area contributed by atoms with Gasteiger partial charge in [-0.2, -0.15) is 0 Å². The zero-order chi connectivity index (χ0) is 13.7. The summed E-state index contributed by atoms with van der Waals surface area (Å²) in [5, 5.41) is 0. The summed E-state index contributed by atoms with van der Waals surface area (Å²) in [6.45, 7) is 0.900. The molecule has 0 amide bonds. The Morgan fingerprint density at radius 1 is 1.21 bits per heavy atom. The molecule has 0 spiro atoms. The molecular formula is C16H17BrN2. The maximum Gasteiger partial charge on any atom is 0.0346 e. The zero-order valence-electron chi connectivity index (χ0n) is 11.2. The molecule has 1 aromatic carbocycles. The fourth-order valence-electron chi connectivity index (χ4n) is 1.85. The van der Waals surface area contributed by atoms with Crippen LogP contribution in [0.15, 0.2) is 59.3 Å². The van der Waals surface area contributed by atoms with Crippen molar-refractivity contribution in [2.75, 3.05) is 20.6 Å². The number of rotatable bonds is 4. The molecule has 0 atom stereocenters. The predicted molar refractivity (Wildman–Crippen MR) is 84.0 cm³/mol. The maximum atomic E-state index is 4.21. The molecule has 0 saturated carbocycles. The molecule has 2 rings (SSSR count). The van der Waals surface area contributed by atoms with Gasteiger partial charge < -0.3 is 4.90 Å². The van der Waals surface area contributed by atoms with E-state index in [1.54, 1.807) is 6.20 Å². The van der Waals surface area contributed by atoms with Crippen molar-refractivity contribution >= 4 is 21.5 Å². The van der Waals surface area contributed by atoms with Crippen molar-refractivity contribution in [1.82, 2.24) is 9.88 Å². The highest BCUT2D eigenvalue weighted by atomic mass is 79.9. The normalized spacial score (nSPS) is 11.9. The van der Waals surface area contributed by atoms with Crippen molar-refractivity contribution in [1.29, 1.82) is 0 Å². The third-order valence-electron chi connectivity index (χ3n) is 2.77. The Kier molecular flexibility index (Phi) is 4.88. The Balaban J connectivity index is 2.43. The van der Waals surface area contributed by atoms with E-state index in [2.05, 4.69) is 70.3 Å². The van der Waals surface area contributed by atoms with E-state index in [4.69, 9.17) is 0 Å². The van der Waals surface area contributed by atoms with Crippen LogP contribution in [0, 0.1) is 0 Å². The highest BCUT2D eigenvalue weighted by Crippen LogP contribution is 2.25. The van der Waals surface area contributed by atoms with Crippen LogP contribution < -0.4 is 0 Å². The number of hydrogen-bond acceptors (Lipinski definition) is 2. The smallest absolute Gasteiger partial charge is 0.0346 e. The second kappa shape index (κ2) is 6.64. The van der Waals surface area contributed by atoms with Crippen LogP contribution in [0.25, 0.3) is 5.57 Å². The predicted octanol–water partition coefficient (Wildman–Crippen LogP) is 3.84. The van der Waals surface area contributed by atoms with Gasteiger partial charge in [-0.15, -0.1) is 0 Å². The summed E-state index contributed by atoms with van der Waals surface area (Å²) in [4.78, 5) is 6.36. The lowest BCUT2D eigenvalue weighted by atomic mass is 9.99. The van der Waals surface area contributed by atoms with Gasteiger partial charge >= 0.3 is 0 Å². The van der Waals surface area contributed by atoms with E-state index < -0.39 is 0 Å². The van der Waals surface area contributed by atoms with Gasteiger partial charge in [0.05, 0.1) is 0 Å². The molecule has 0 aliphatic rings. The number of likely N-dealkylation sites (N-methyl/N-ethyl adjacent to an activating group) is 1. The average Bonchev–Trinajstić information content (AvgIpc) is 2.40. The molecule has 0 bridgehead atoms. The Morgan fingerprint density at radius 3 is 2.63 bits per heavy atom. The lowest BCUT2D eigenvalue weighted by Gasteiger charge is -2.11. The average molecular weight is 317 g/mol. The van der Waals surface area contributed by atoms with Gasteiger partial charge in [-0.3, -0.25) is 4.98 Å². The summed E-state index contributed by atoms with van der Waals surface area (Å²) < 4.78 is 1.09. The number of hydrogen-bond donors (Lipinski definition) is 0. The van der Waals surface area contributed by atoms with Gasteiger partial charge in [0.25, 0.3) is 0 Å². The van der Waals surface area contributed by atoms with Crippen molar-refractivity contribution < 1.29 is 0 Å². The van der Waals surface area contributed by atoms with Crippen LogP contribution in [0.4, 0.5) is 0 Å². The minimum Gasteiger partial charge on any atom is -0.306 e. The van der Waals surface area contributed by atoms with E-state index in [0.717, 1.165) is 16.6 Å². The Hall–Kier alpha value is -1.45. The van der Waals surface area contributed by atoms with Gasteiger partial charge in [-0.25, -0.2) is 0 Å². The van der Waals surface area contributed by atoms with Gasteiger partial charge in [-0.1, -0.05) is 40.2 Å². The number of benzene rings is 1. The van der Waals surface area contributed by atoms with Crippen LogP contribution in [0.5, 0.6) is 0 Å². The van der Waals surface area contributed by atoms with Crippen LogP contribution in [0.1, 0.15) is 11.1 Å². The molecule has 98 valence electrons. The van der Waals surface area contributed by atoms with Gasteiger partial charge in [0.1, 0.15) is 0 Å². The highest BCUT2D eigenvalue weighted by Gasteiger charge is 2.05. The summed E-state index contributed by atoms with van der Waals surface area (Å²) in [5.74, 6) is 0. The first-order valence-electron chi connectivity index (χ1n) is 6.18. The molecule has 0 N–H and O–H groups in total. The first-order chi connectivity index (χ1) is 9.16. The largest absolute Gasteiger partial charge is 0.306 e. The SMILES string of the molecule is CN(C)CC=C(c1cccnc1)c1cccc(Br)c1. The van der Waals surface area contributed by atoms with Crippen LogP contribution in [0.2, 0.25) is 0 Å². The third kappa shape index (κ3) is 4.01. The monoisotopic (exact) mass is 316 g/mol. The molecule has 1 aromatic heterocycles. The molecular weight excluding hydrogens is 300 g/mol. The summed E-state index contributed by atoms with van der Waals surface area (Å²) in [6.07, 6.45) is 5.94. The standard InChI is InChI=1S/C16H17BrN2/c1-19(2)10-8-16(14-6-4-9-18-12-14)13-5-3-7-15(17)11-13/h3-9,11-12H,10H2,1-2H3. The van der Waals surface area contributed by atoms with E-state index in [0.29, 0.717) is 0 Å². The van der Waals surface area contributed by atoms with Crippen molar-refractivity contribution in [3.63, 3.8) is 0 Å². The molecule has 0 fully saturated rings. The lowest BCUT2D eigenvalue weighted by Crippen LogP contribution is -2.11. The third-order valence-corrected chi connectivity index (χ3v) is 3.26. The van der Waals surface area contributed by atoms with Crippen LogP contribution in [-0.2, 0) is 0 Å². The summed E-state index contributed by atoms with van der Waals surface area (Å²) in [5.41, 5.74) is 3.55. The Bertz CT molecular complexity index is 562. The van der Waals surface area contributed by atoms with Gasteiger partial charge in [0.2, 0.25) is 0 Å². The minimum atomic E-state index is 0.900. The number of nitrogens with zero attached hydrogens (tertiary/aromatic N) is 2. The molecule has 19 heavy (non-hydrogen) atoms. The Morgan fingerprint density at radius 2 is 2.00 bits per heavy atom. The number of aromatic nitrogens is 1. The summed E-state index contributed by atoms with van der Waals surface area (Å²) >= 11 is 3.53. The van der Waals surface area contributed by atoms with Crippen LogP contribution in [-0.4, -0.2) is 30.5 Å². The van der Waals surface area contributed by atoms with Crippen molar-refractivity contribution in [2.24, 2.45) is 0 Å². The molecule has 0 radical (unpaired) electrons. The zero-order valence-corrected chi connectivity index (χ0v) is 12.8. The quantitative estimate of drug-likeness (QED) is 0.852. The number of halogens is 1. The lowest BCUT2D eigenvalue weighted by molar-refractivity contribution is 0.457. The first kappa shape index (κ1) is 14.0. The fourth-order valence-corrected chi connectivity index (χ4v) is 2.25. The maximum absolute atomic E-state index is 4.21. The molecule has 0 unspecified atom stereocenters. The topological polar surface area (TPSA) is 16.1 Å². The number of pyridine rings is 1. The summed E-state index contributed by atoms with van der Waals surface area (Å²) in [7, 11) is 4.14. The van der Waals surface area contributed by atoms with E-state index >= 15 is 0 Å². The molecule has 1 heterocycles. The molecule has 2 nitrogen and oxygen atoms in total. The first-order valence-corrected chi connectivity index (χ1v) is 6.97. The van der Waals surface area contributed by atoms with Gasteiger partial charge in [0, 0.05) is 29.0 Å². The van der Waals surface area contributed by atoms with Gasteiger partial charge in [-0.05, 0) is 43.4 Å². The minimum absolute atomic E-state index is 0.900. The van der Waals surface area contributed by atoms with Gasteiger partial charge in [0.15, 0.2) is 0 Å². The van der Waals surface area contributed by atoms with Crippen molar-refractivity contribution in [3.05, 3.63) is 70.5 Å². The molecule has 3 heteroatoms. The molecule has 0 aliphatic carbocycles. The second-order valence-electron chi connectivity index (χ2n) is 4.63. The van der Waals surface area contributed by atoms with Crippen molar-refractivity contribution in [3.8, 4) is 0 Å². The molecule has 0 aliphatic heterocycles. The highest BCUT2D eigenvalue weighted by molar-refractivity contribution is 9.10. The van der Waals surface area contributed by atoms with E-state index in [1.165, 1.54) is 11.1 Å². The van der Waals surface area contributed by atoms with Crippen LogP contribution >= 0.6 is 15.9 Å². The van der Waals surface area contributed by atoms with E-state index in [1.807, 2.05) is 18.3 Å². The van der Waals surface area contributed by atoms with Crippen molar-refractivity contribution in [2.45, 2.75) is 0 Å². The fraction of sp³-hybridized carbons (Fsp3) is 0.188. The van der Waals surface area contributed by atoms with Crippen LogP contribution in [0.3, 0.4) is 0 Å². The Labute approximate surface area is 122 Å². The van der Waals surface area contributed by atoms with E-state index in [-0.39, 0.29) is 0 Å².